The fourth-order valence-electron chi connectivity index (χ4n) is 1.19. The molecule has 0 aliphatic rings. The smallest absolute Gasteiger partial charge is 0.0985 e. The van der Waals surface area contributed by atoms with Crippen molar-refractivity contribution in [3.05, 3.63) is 22.2 Å². The molecule has 1 heterocycles. The lowest BCUT2D eigenvalue weighted by Crippen LogP contribution is -2.22. The summed E-state index contributed by atoms with van der Waals surface area (Å²) in [4.78, 5) is 4.60. The number of hydrogen-bond acceptors (Lipinski definition) is 3. The molecule has 0 atom stereocenters. The Balaban J connectivity index is 2.52. The van der Waals surface area contributed by atoms with E-state index in [1.807, 2.05) is 0 Å². The molecule has 0 saturated carbocycles. The third-order valence-corrected chi connectivity index (χ3v) is 3.38. The molecule has 0 unspecified atom stereocenters. The quantitative estimate of drug-likeness (QED) is 0.869. The zero-order valence-electron chi connectivity index (χ0n) is 10.9. The Morgan fingerprint density at radius 2 is 2.12 bits per heavy atom. The molecule has 1 aromatic rings. The summed E-state index contributed by atoms with van der Waals surface area (Å²) in [6.07, 6.45) is 4.21. The first-order valence-electron chi connectivity index (χ1n) is 5.75. The molecule has 0 spiro atoms. The summed E-state index contributed by atoms with van der Waals surface area (Å²) in [7, 11) is 0. The van der Waals surface area contributed by atoms with Gasteiger partial charge in [-0.2, -0.15) is 0 Å². The molecule has 0 aliphatic heterocycles. The Bertz CT molecular complexity index is 345. The zero-order chi connectivity index (χ0) is 12.2. The van der Waals surface area contributed by atoms with Gasteiger partial charge in [-0.05, 0) is 6.08 Å². The first-order chi connectivity index (χ1) is 7.39. The highest BCUT2D eigenvalue weighted by molar-refractivity contribution is 7.09. The maximum Gasteiger partial charge on any atom is 0.0985 e. The van der Waals surface area contributed by atoms with Crippen molar-refractivity contribution in [2.75, 3.05) is 6.54 Å². The van der Waals surface area contributed by atoms with Crippen LogP contribution in [0.2, 0.25) is 0 Å². The van der Waals surface area contributed by atoms with Crippen LogP contribution in [0.15, 0.2) is 11.5 Å². The number of nitrogens with one attached hydrogen (secondary N) is 1. The average molecular weight is 238 g/mol. The second-order valence-electron chi connectivity index (χ2n) is 5.29. The van der Waals surface area contributed by atoms with Gasteiger partial charge in [0, 0.05) is 23.4 Å². The van der Waals surface area contributed by atoms with Crippen LogP contribution < -0.4 is 5.32 Å². The van der Waals surface area contributed by atoms with Crippen molar-refractivity contribution in [3.63, 3.8) is 0 Å². The molecule has 90 valence electrons. The van der Waals surface area contributed by atoms with E-state index >= 15 is 0 Å². The van der Waals surface area contributed by atoms with Crippen LogP contribution in [0, 0.1) is 0 Å². The molecule has 1 N–H and O–H groups in total. The van der Waals surface area contributed by atoms with Gasteiger partial charge in [0.05, 0.1) is 10.7 Å². The van der Waals surface area contributed by atoms with Gasteiger partial charge in [0.25, 0.3) is 0 Å². The fraction of sp³-hybridized carbons (Fsp3) is 0.615. The Morgan fingerprint density at radius 3 is 2.62 bits per heavy atom. The number of aromatic nitrogens is 1. The van der Waals surface area contributed by atoms with Gasteiger partial charge in [0.2, 0.25) is 0 Å². The summed E-state index contributed by atoms with van der Waals surface area (Å²) in [6, 6.07) is 0.533. The normalized spacial score (nSPS) is 12.9. The molecule has 2 nitrogen and oxygen atoms in total. The minimum Gasteiger partial charge on any atom is -0.311 e. The summed E-state index contributed by atoms with van der Waals surface area (Å²) >= 11 is 1.74. The average Bonchev–Trinajstić information content (AvgIpc) is 2.59. The van der Waals surface area contributed by atoms with E-state index in [9.17, 15) is 0 Å². The van der Waals surface area contributed by atoms with Crippen molar-refractivity contribution in [2.45, 2.75) is 46.1 Å². The zero-order valence-corrected chi connectivity index (χ0v) is 11.7. The van der Waals surface area contributed by atoms with Crippen molar-refractivity contribution < 1.29 is 0 Å². The van der Waals surface area contributed by atoms with Crippen molar-refractivity contribution in [2.24, 2.45) is 0 Å². The number of hydrogen-bond donors (Lipinski definition) is 1. The largest absolute Gasteiger partial charge is 0.311 e. The third kappa shape index (κ3) is 4.45. The van der Waals surface area contributed by atoms with Crippen molar-refractivity contribution >= 4 is 17.4 Å². The molecule has 0 radical (unpaired) electrons. The van der Waals surface area contributed by atoms with Crippen molar-refractivity contribution in [1.29, 1.82) is 0 Å². The first-order valence-corrected chi connectivity index (χ1v) is 6.63. The molecule has 16 heavy (non-hydrogen) atoms. The third-order valence-electron chi connectivity index (χ3n) is 2.10. The van der Waals surface area contributed by atoms with Gasteiger partial charge in [-0.3, -0.25) is 0 Å². The van der Waals surface area contributed by atoms with Crippen LogP contribution in [-0.2, 0) is 5.41 Å². The molecule has 0 fully saturated rings. The predicted octanol–water partition coefficient (Wildman–Crippen LogP) is 3.45. The van der Waals surface area contributed by atoms with Gasteiger partial charge in [0.15, 0.2) is 0 Å². The van der Waals surface area contributed by atoms with Gasteiger partial charge in [-0.15, -0.1) is 11.3 Å². The summed E-state index contributed by atoms with van der Waals surface area (Å²) < 4.78 is 0. The monoisotopic (exact) mass is 238 g/mol. The molecule has 3 heteroatoms. The summed E-state index contributed by atoms with van der Waals surface area (Å²) in [5, 5.41) is 6.66. The Morgan fingerprint density at radius 1 is 1.44 bits per heavy atom. The topological polar surface area (TPSA) is 24.9 Å². The molecule has 0 saturated heterocycles. The Kier molecular flexibility index (Phi) is 4.69. The second-order valence-corrected chi connectivity index (χ2v) is 6.15. The van der Waals surface area contributed by atoms with Crippen LogP contribution in [-0.4, -0.2) is 17.6 Å². The summed E-state index contributed by atoms with van der Waals surface area (Å²) in [5.41, 5.74) is 1.23. The fourth-order valence-corrected chi connectivity index (χ4v) is 2.07. The van der Waals surface area contributed by atoms with Crippen molar-refractivity contribution in [3.8, 4) is 0 Å². The van der Waals surface area contributed by atoms with E-state index in [-0.39, 0.29) is 5.41 Å². The van der Waals surface area contributed by atoms with E-state index < -0.39 is 0 Å². The van der Waals surface area contributed by atoms with E-state index in [2.05, 4.69) is 62.5 Å². The first kappa shape index (κ1) is 13.4. The standard InChI is InChI=1S/C13H22N2S/c1-10(2)14-8-6-7-11-9-16-12(15-11)13(3,4)5/h6-7,9-10,14H,8H2,1-5H3/b7-6+. The molecule has 1 rings (SSSR count). The van der Waals surface area contributed by atoms with Crippen molar-refractivity contribution in [1.82, 2.24) is 10.3 Å². The number of rotatable bonds is 4. The van der Waals surface area contributed by atoms with Gasteiger partial charge in [-0.25, -0.2) is 4.98 Å². The highest BCUT2D eigenvalue weighted by atomic mass is 32.1. The van der Waals surface area contributed by atoms with E-state index in [4.69, 9.17) is 0 Å². The maximum absolute atomic E-state index is 4.60. The summed E-state index contributed by atoms with van der Waals surface area (Å²) in [6.45, 7) is 11.8. The molecule has 0 bridgehead atoms. The highest BCUT2D eigenvalue weighted by Gasteiger charge is 2.17. The Labute approximate surface area is 103 Å². The van der Waals surface area contributed by atoms with Crippen LogP contribution >= 0.6 is 11.3 Å². The summed E-state index contributed by atoms with van der Waals surface area (Å²) in [5.74, 6) is 0. The lowest BCUT2D eigenvalue weighted by molar-refractivity contribution is 0.585. The lowest BCUT2D eigenvalue weighted by atomic mass is 9.98. The van der Waals surface area contributed by atoms with Crippen LogP contribution in [0.4, 0.5) is 0 Å². The Hall–Kier alpha value is -0.670. The van der Waals surface area contributed by atoms with Crippen LogP contribution in [0.5, 0.6) is 0 Å². The van der Waals surface area contributed by atoms with Gasteiger partial charge in [0.1, 0.15) is 0 Å². The molecule has 0 aliphatic carbocycles. The van der Waals surface area contributed by atoms with Crippen LogP contribution in [0.1, 0.15) is 45.3 Å². The minimum absolute atomic E-state index is 0.160. The van der Waals surface area contributed by atoms with Crippen LogP contribution in [0.25, 0.3) is 6.08 Å². The van der Waals surface area contributed by atoms with E-state index in [1.165, 1.54) is 5.01 Å². The maximum atomic E-state index is 4.60. The minimum atomic E-state index is 0.160. The number of thiazole rings is 1. The second kappa shape index (κ2) is 5.60. The van der Waals surface area contributed by atoms with Crippen LogP contribution in [0.3, 0.4) is 0 Å². The SMILES string of the molecule is CC(C)NC/C=C/c1csc(C(C)(C)C)n1. The van der Waals surface area contributed by atoms with Gasteiger partial charge < -0.3 is 5.32 Å². The van der Waals surface area contributed by atoms with Gasteiger partial charge >= 0.3 is 0 Å². The lowest BCUT2D eigenvalue weighted by Gasteiger charge is -2.13. The number of nitrogens with zero attached hydrogens (tertiary/aromatic N) is 1. The highest BCUT2D eigenvalue weighted by Crippen LogP contribution is 2.25. The molecule has 0 amide bonds. The molecular formula is C13H22N2S. The predicted molar refractivity (Wildman–Crippen MR) is 73.0 cm³/mol. The molecule has 1 aromatic heterocycles. The molecule has 0 aromatic carbocycles. The van der Waals surface area contributed by atoms with Gasteiger partial charge in [-0.1, -0.05) is 40.7 Å². The van der Waals surface area contributed by atoms with E-state index in [0.717, 1.165) is 12.2 Å². The van der Waals surface area contributed by atoms with E-state index in [0.29, 0.717) is 6.04 Å². The molecular weight excluding hydrogens is 216 g/mol. The van der Waals surface area contributed by atoms with E-state index in [1.54, 1.807) is 11.3 Å².